The average molecular weight is 1050 g/mol. The summed E-state index contributed by atoms with van der Waals surface area (Å²) < 4.78 is 90.6. The van der Waals surface area contributed by atoms with Crippen molar-refractivity contribution in [3.8, 4) is 10.4 Å². The first-order valence-electron chi connectivity index (χ1n) is 23.0. The lowest BCUT2D eigenvalue weighted by Gasteiger charge is -2.35. The Balaban J connectivity index is 1.11. The van der Waals surface area contributed by atoms with Crippen LogP contribution in [-0.4, -0.2) is 117 Å². The number of aliphatic hydroxyl groups excluding tert-OH is 1. The molecule has 0 radical (unpaired) electrons. The van der Waals surface area contributed by atoms with E-state index in [4.69, 9.17) is 5.14 Å². The SMILES string of the molecule is Cc1ncsc1-c1ccc([C@H](C)NC(=O)[C@@H]2C[C@@H](O)CN2C(=O)[C@@H](NC(=O)CCCCCCN(C)CC[C@H](CSc2ccccc2)Nc2ccc(S(N)(=O)=O)cc2S(=O)(=O)C(F)(F)F)C(C)(C)C)cc1. The molecule has 384 valence electrons. The van der Waals surface area contributed by atoms with Gasteiger partial charge in [-0.3, -0.25) is 14.4 Å². The lowest BCUT2D eigenvalue weighted by Crippen LogP contribution is -2.57. The van der Waals surface area contributed by atoms with Gasteiger partial charge in [0.25, 0.3) is 9.84 Å². The van der Waals surface area contributed by atoms with Gasteiger partial charge in [0.05, 0.1) is 38.8 Å². The maximum atomic E-state index is 14.1. The van der Waals surface area contributed by atoms with Gasteiger partial charge in [-0.2, -0.15) is 13.2 Å². The number of β-amino-alcohol motifs (C(OH)–C–C–N with tert-alkyl or cyclic N) is 1. The zero-order chi connectivity index (χ0) is 51.6. The number of aryl methyl sites for hydroxylation is 1. The van der Waals surface area contributed by atoms with Crippen LogP contribution in [-0.2, 0) is 34.2 Å². The summed E-state index contributed by atoms with van der Waals surface area (Å²) in [7, 11) is -8.61. The summed E-state index contributed by atoms with van der Waals surface area (Å²) in [5, 5.41) is 24.7. The average Bonchev–Trinajstić information content (AvgIpc) is 3.91. The van der Waals surface area contributed by atoms with E-state index >= 15 is 0 Å². The molecule has 5 rings (SSSR count). The molecule has 3 aromatic carbocycles. The van der Waals surface area contributed by atoms with Crippen LogP contribution in [0.4, 0.5) is 18.9 Å². The maximum absolute atomic E-state index is 14.1. The quantitative estimate of drug-likeness (QED) is 0.0366. The number of aromatic nitrogens is 1. The second-order valence-electron chi connectivity index (χ2n) is 18.8. The largest absolute Gasteiger partial charge is 0.501 e. The molecule has 15 nitrogen and oxygen atoms in total. The fraction of sp³-hybridized carbons (Fsp3) is 0.500. The Morgan fingerprint density at radius 3 is 2.24 bits per heavy atom. The third-order valence-electron chi connectivity index (χ3n) is 12.0. The first kappa shape index (κ1) is 56.3. The molecule has 1 aliphatic rings. The standard InChI is InChI=1S/C48H64F3N7O8S4/c1-31(33-17-19-34(20-18-33)43-32(2)53-30-68-43)54-45(61)40-26-36(59)28-58(40)46(62)44(47(3,4)5)56-42(60)16-12-7-8-13-24-57(6)25-23-35(29-67-37-14-10-9-11-15-37)55-39-22-21-38(70(52,65)66)27-41(39)69(63,64)48(49,50)51/h9-11,14-15,17-22,27,30-31,35-36,40,44,55,59H,7-8,12-13,16,23-26,28-29H2,1-6H3,(H,54,61)(H,56,60)(H2,52,65,66)/t31-,35+,36+,40-,44+/m0/s1. The number of thioether (sulfide) groups is 1. The number of nitrogens with two attached hydrogens (primary N) is 1. The van der Waals surface area contributed by atoms with Gasteiger partial charge < -0.3 is 30.9 Å². The van der Waals surface area contributed by atoms with E-state index in [-0.39, 0.29) is 31.3 Å². The number of unbranched alkanes of at least 4 members (excludes halogenated alkanes) is 3. The normalized spacial score (nSPS) is 17.0. The zero-order valence-corrected chi connectivity index (χ0v) is 43.4. The van der Waals surface area contributed by atoms with Crippen LogP contribution in [0.3, 0.4) is 0 Å². The van der Waals surface area contributed by atoms with Crippen LogP contribution in [0.1, 0.15) is 89.9 Å². The molecule has 2 heterocycles. The molecule has 4 aromatic rings. The summed E-state index contributed by atoms with van der Waals surface area (Å²) in [6.07, 6.45) is 2.51. The van der Waals surface area contributed by atoms with Crippen molar-refractivity contribution in [2.24, 2.45) is 10.6 Å². The Morgan fingerprint density at radius 1 is 0.957 bits per heavy atom. The van der Waals surface area contributed by atoms with Crippen molar-refractivity contribution < 1.29 is 49.5 Å². The van der Waals surface area contributed by atoms with Crippen LogP contribution in [0.5, 0.6) is 0 Å². The number of rotatable bonds is 23. The van der Waals surface area contributed by atoms with Gasteiger partial charge in [0.2, 0.25) is 27.7 Å². The number of benzene rings is 3. The Morgan fingerprint density at radius 2 is 1.63 bits per heavy atom. The third kappa shape index (κ3) is 15.5. The molecule has 22 heteroatoms. The van der Waals surface area contributed by atoms with E-state index in [0.29, 0.717) is 44.2 Å². The van der Waals surface area contributed by atoms with Crippen LogP contribution in [0.25, 0.3) is 10.4 Å². The van der Waals surface area contributed by atoms with E-state index in [1.807, 2.05) is 101 Å². The van der Waals surface area contributed by atoms with Crippen LogP contribution in [0.2, 0.25) is 0 Å². The number of carbonyl (C=O) groups is 3. The second kappa shape index (κ2) is 24.2. The Bertz CT molecular complexity index is 2630. The monoisotopic (exact) mass is 1050 g/mol. The molecule has 1 fully saturated rings. The summed E-state index contributed by atoms with van der Waals surface area (Å²) in [5.74, 6) is -0.812. The predicted octanol–water partition coefficient (Wildman–Crippen LogP) is 7.27. The van der Waals surface area contributed by atoms with E-state index in [2.05, 4.69) is 20.9 Å². The molecule has 1 saturated heterocycles. The van der Waals surface area contributed by atoms with Crippen molar-refractivity contribution in [1.82, 2.24) is 25.4 Å². The summed E-state index contributed by atoms with van der Waals surface area (Å²) in [5.41, 5.74) is -2.18. The highest BCUT2D eigenvalue weighted by molar-refractivity contribution is 7.99. The Labute approximate surface area is 417 Å². The van der Waals surface area contributed by atoms with E-state index in [1.54, 1.807) is 16.8 Å². The number of nitrogens with one attached hydrogen (secondary N) is 3. The fourth-order valence-electron chi connectivity index (χ4n) is 8.03. The number of sulfonamides is 1. The van der Waals surface area contributed by atoms with Crippen molar-refractivity contribution in [2.45, 2.75) is 130 Å². The summed E-state index contributed by atoms with van der Waals surface area (Å²) in [4.78, 5) is 48.8. The number of nitrogens with zero attached hydrogens (tertiary/aromatic N) is 3. The van der Waals surface area contributed by atoms with Crippen molar-refractivity contribution in [3.63, 3.8) is 0 Å². The van der Waals surface area contributed by atoms with Crippen LogP contribution in [0.15, 0.2) is 93.0 Å². The minimum absolute atomic E-state index is 0.0423. The second-order valence-corrected chi connectivity index (χ2v) is 24.2. The molecule has 0 spiro atoms. The van der Waals surface area contributed by atoms with Crippen molar-refractivity contribution in [1.29, 1.82) is 0 Å². The number of alkyl halides is 3. The molecular formula is C48H64F3N7O8S4. The Hall–Kier alpha value is -4.58. The molecule has 6 N–H and O–H groups in total. The number of anilines is 1. The summed E-state index contributed by atoms with van der Waals surface area (Å²) in [6, 6.07) is 16.6. The van der Waals surface area contributed by atoms with Gasteiger partial charge in [-0.15, -0.1) is 23.1 Å². The van der Waals surface area contributed by atoms with Gasteiger partial charge in [-0.25, -0.2) is 27.0 Å². The van der Waals surface area contributed by atoms with Gasteiger partial charge in [0.1, 0.15) is 17.0 Å². The number of aliphatic hydroxyl groups is 1. The molecule has 1 aliphatic heterocycles. The van der Waals surface area contributed by atoms with Crippen LogP contribution in [0, 0.1) is 12.3 Å². The molecule has 3 amide bonds. The molecule has 0 unspecified atom stereocenters. The lowest BCUT2D eigenvalue weighted by molar-refractivity contribution is -0.144. The van der Waals surface area contributed by atoms with Gasteiger partial charge in [-0.05, 0) is 100 Å². The number of halogens is 3. The molecule has 70 heavy (non-hydrogen) atoms. The molecular weight excluding hydrogens is 988 g/mol. The minimum Gasteiger partial charge on any atom is -0.391 e. The molecule has 0 bridgehead atoms. The van der Waals surface area contributed by atoms with Crippen molar-refractivity contribution >= 4 is 66.4 Å². The molecule has 0 aliphatic carbocycles. The predicted molar refractivity (Wildman–Crippen MR) is 267 cm³/mol. The lowest BCUT2D eigenvalue weighted by atomic mass is 9.85. The number of carbonyl (C=O) groups excluding carboxylic acids is 3. The highest BCUT2D eigenvalue weighted by atomic mass is 32.2. The number of primary sulfonamides is 1. The molecule has 0 saturated carbocycles. The van der Waals surface area contributed by atoms with Gasteiger partial charge >= 0.3 is 5.51 Å². The summed E-state index contributed by atoms with van der Waals surface area (Å²) in [6.45, 7) is 10.4. The maximum Gasteiger partial charge on any atom is 0.501 e. The molecule has 5 atom stereocenters. The van der Waals surface area contributed by atoms with Crippen LogP contribution >= 0.6 is 23.1 Å². The van der Waals surface area contributed by atoms with Crippen LogP contribution < -0.4 is 21.1 Å². The highest BCUT2D eigenvalue weighted by Gasteiger charge is 2.49. The Kier molecular flexibility index (Phi) is 19.5. The van der Waals surface area contributed by atoms with Crippen molar-refractivity contribution in [3.05, 3.63) is 89.6 Å². The smallest absolute Gasteiger partial charge is 0.391 e. The topological polar surface area (TPSA) is 221 Å². The number of hydrogen-bond acceptors (Lipinski definition) is 13. The van der Waals surface area contributed by atoms with Crippen molar-refractivity contribution in [2.75, 3.05) is 37.8 Å². The minimum atomic E-state index is -5.97. The fourth-order valence-corrected chi connectivity index (χ4v) is 11.4. The highest BCUT2D eigenvalue weighted by Crippen LogP contribution is 2.37. The van der Waals surface area contributed by atoms with E-state index in [0.717, 1.165) is 51.6 Å². The first-order chi connectivity index (χ1) is 32.8. The van der Waals surface area contributed by atoms with Gasteiger partial charge in [0.15, 0.2) is 0 Å². The van der Waals surface area contributed by atoms with E-state index < -0.39 is 82.3 Å². The molecule has 1 aromatic heterocycles. The number of hydrogen-bond donors (Lipinski definition) is 5. The third-order valence-corrected chi connectivity index (χ3v) is 16.6. The van der Waals surface area contributed by atoms with Gasteiger partial charge in [0, 0.05) is 36.1 Å². The summed E-state index contributed by atoms with van der Waals surface area (Å²) >= 11 is 2.97. The number of thiazole rings is 1. The number of amides is 3. The first-order valence-corrected chi connectivity index (χ1v) is 27.9. The van der Waals surface area contributed by atoms with E-state index in [9.17, 15) is 49.5 Å². The number of sulfone groups is 1. The van der Waals surface area contributed by atoms with E-state index in [1.165, 1.54) is 16.7 Å². The zero-order valence-electron chi connectivity index (χ0n) is 40.2. The van der Waals surface area contributed by atoms with Gasteiger partial charge in [-0.1, -0.05) is 76.1 Å². The number of likely N-dealkylation sites (tertiary alicyclic amines) is 1.